The van der Waals surface area contributed by atoms with Crippen molar-refractivity contribution in [1.82, 2.24) is 0 Å². The Morgan fingerprint density at radius 3 is 1.29 bits per heavy atom. The van der Waals surface area contributed by atoms with E-state index < -0.39 is 7.26 Å². The summed E-state index contributed by atoms with van der Waals surface area (Å²) in [5, 5.41) is 4.14. The third-order valence-corrected chi connectivity index (χ3v) is 8.74. The van der Waals surface area contributed by atoms with E-state index in [0.29, 0.717) is 0 Å². The van der Waals surface area contributed by atoms with Crippen LogP contribution in [-0.4, -0.2) is 6.16 Å². The summed E-state index contributed by atoms with van der Waals surface area (Å²) in [6.45, 7) is 8.19. The molecule has 0 aliphatic carbocycles. The first kappa shape index (κ1) is 16.4. The van der Waals surface area contributed by atoms with E-state index in [1.165, 1.54) is 15.9 Å². The van der Waals surface area contributed by atoms with Crippen molar-refractivity contribution in [2.45, 2.75) is 0 Å². The van der Waals surface area contributed by atoms with Gasteiger partial charge in [-0.2, -0.15) is 0 Å². The van der Waals surface area contributed by atoms with Gasteiger partial charge in [0.25, 0.3) is 0 Å². The maximum atomic E-state index is 4.24. The van der Waals surface area contributed by atoms with Crippen molar-refractivity contribution in [3.05, 3.63) is 116 Å². The molecule has 3 rings (SSSR count). The van der Waals surface area contributed by atoms with Crippen molar-refractivity contribution < 1.29 is 0 Å². The van der Waals surface area contributed by atoms with Gasteiger partial charge >= 0.3 is 0 Å². The van der Waals surface area contributed by atoms with Crippen LogP contribution in [0.3, 0.4) is 0 Å². The Balaban J connectivity index is 2.32. The van der Waals surface area contributed by atoms with Gasteiger partial charge in [-0.05, 0) is 42.0 Å². The van der Waals surface area contributed by atoms with Gasteiger partial charge in [0.15, 0.2) is 0 Å². The van der Waals surface area contributed by atoms with Crippen LogP contribution in [0.5, 0.6) is 0 Å². The quantitative estimate of drug-likeness (QED) is 0.453. The highest BCUT2D eigenvalue weighted by Gasteiger charge is 2.45. The van der Waals surface area contributed by atoms with E-state index in [9.17, 15) is 0 Å². The second-order valence-corrected chi connectivity index (χ2v) is 9.32. The Morgan fingerprint density at radius 2 is 1.00 bits per heavy atom. The number of hydrogen-bond donors (Lipinski definition) is 0. The van der Waals surface area contributed by atoms with Gasteiger partial charge in [-0.1, -0.05) is 73.8 Å². The van der Waals surface area contributed by atoms with Gasteiger partial charge in [-0.25, -0.2) is 0 Å². The number of benzene rings is 3. The average molecular weight is 329 g/mol. The van der Waals surface area contributed by atoms with E-state index in [-0.39, 0.29) is 0 Å². The maximum absolute atomic E-state index is 4.24. The standard InChI is InChI=1S/C23H22P/c1-3-20(2)19-24(21-13-7-4-8-14-21,22-15-9-5-10-16-22)23-17-11-6-12-18-23/h3-18H,1-2,19H2/q+1. The summed E-state index contributed by atoms with van der Waals surface area (Å²) in [5.74, 6) is 0. The summed E-state index contributed by atoms with van der Waals surface area (Å²) in [7, 11) is -1.80. The molecule has 0 unspecified atom stereocenters. The van der Waals surface area contributed by atoms with Crippen LogP contribution >= 0.6 is 7.26 Å². The number of hydrogen-bond acceptors (Lipinski definition) is 0. The van der Waals surface area contributed by atoms with Crippen molar-refractivity contribution in [1.29, 1.82) is 0 Å². The molecule has 0 fully saturated rings. The Morgan fingerprint density at radius 1 is 0.667 bits per heavy atom. The molecule has 0 aliphatic heterocycles. The minimum atomic E-state index is -1.80. The summed E-state index contributed by atoms with van der Waals surface area (Å²) in [6, 6.07) is 32.6. The van der Waals surface area contributed by atoms with E-state index >= 15 is 0 Å². The summed E-state index contributed by atoms with van der Waals surface area (Å²) in [4.78, 5) is 0. The Labute approximate surface area is 145 Å². The average Bonchev–Trinajstić information content (AvgIpc) is 2.68. The largest absolute Gasteiger partial charge is 0.116 e. The van der Waals surface area contributed by atoms with Gasteiger partial charge in [-0.15, -0.1) is 0 Å². The fourth-order valence-corrected chi connectivity index (χ4v) is 7.36. The SMILES string of the molecule is C=CC(=C)C[P+](c1ccccc1)(c1ccccc1)c1ccccc1. The second kappa shape index (κ2) is 7.43. The third kappa shape index (κ3) is 3.11. The molecule has 0 spiro atoms. The zero-order valence-corrected chi connectivity index (χ0v) is 14.7. The summed E-state index contributed by atoms with van der Waals surface area (Å²) in [5.41, 5.74) is 1.08. The third-order valence-electron chi connectivity index (χ3n) is 4.32. The van der Waals surface area contributed by atoms with E-state index in [4.69, 9.17) is 0 Å². The van der Waals surface area contributed by atoms with Crippen molar-refractivity contribution in [2.75, 3.05) is 6.16 Å². The molecule has 24 heavy (non-hydrogen) atoms. The molecule has 0 aromatic heterocycles. The maximum Gasteiger partial charge on any atom is 0.116 e. The molecule has 118 valence electrons. The van der Waals surface area contributed by atoms with Gasteiger partial charge in [0.05, 0.1) is 6.16 Å². The molecule has 0 aliphatic rings. The molecule has 0 saturated carbocycles. The lowest BCUT2D eigenvalue weighted by atomic mass is 10.3. The molecular formula is C23H22P+. The van der Waals surface area contributed by atoms with Crippen molar-refractivity contribution in [3.8, 4) is 0 Å². The second-order valence-electron chi connectivity index (χ2n) is 5.84. The molecule has 3 aromatic rings. The Kier molecular flexibility index (Phi) is 5.08. The predicted octanol–water partition coefficient (Wildman–Crippen LogP) is 4.72. The highest BCUT2D eigenvalue weighted by Crippen LogP contribution is 2.56. The monoisotopic (exact) mass is 329 g/mol. The molecule has 0 amide bonds. The van der Waals surface area contributed by atoms with E-state index in [2.05, 4.69) is 104 Å². The van der Waals surface area contributed by atoms with Gasteiger partial charge in [-0.3, -0.25) is 0 Å². The lowest BCUT2D eigenvalue weighted by Gasteiger charge is -2.27. The fraction of sp³-hybridized carbons (Fsp3) is 0.0435. The van der Waals surface area contributed by atoms with Crippen LogP contribution in [0.15, 0.2) is 116 Å². The molecule has 0 N–H and O–H groups in total. The van der Waals surface area contributed by atoms with Crippen molar-refractivity contribution in [3.63, 3.8) is 0 Å². The van der Waals surface area contributed by atoms with Crippen molar-refractivity contribution >= 4 is 23.2 Å². The fourth-order valence-electron chi connectivity index (χ4n) is 3.14. The number of allylic oxidation sites excluding steroid dienone is 2. The normalized spacial score (nSPS) is 11.0. The van der Waals surface area contributed by atoms with Gasteiger partial charge < -0.3 is 0 Å². The minimum Gasteiger partial charge on any atom is -0.0987 e. The Hall–Kier alpha value is -2.43. The molecular weight excluding hydrogens is 307 g/mol. The molecule has 3 aromatic carbocycles. The molecule has 0 bridgehead atoms. The lowest BCUT2D eigenvalue weighted by Crippen LogP contribution is -2.33. The first-order valence-electron chi connectivity index (χ1n) is 8.12. The lowest BCUT2D eigenvalue weighted by molar-refractivity contribution is 1.55. The highest BCUT2D eigenvalue weighted by atomic mass is 31.2. The van der Waals surface area contributed by atoms with Crippen LogP contribution in [0.2, 0.25) is 0 Å². The zero-order valence-electron chi connectivity index (χ0n) is 13.8. The smallest absolute Gasteiger partial charge is 0.0987 e. The van der Waals surface area contributed by atoms with Crippen LogP contribution in [0.25, 0.3) is 0 Å². The topological polar surface area (TPSA) is 0 Å². The molecule has 0 atom stereocenters. The van der Waals surface area contributed by atoms with Crippen molar-refractivity contribution in [2.24, 2.45) is 0 Å². The Bertz CT molecular complexity index is 708. The molecule has 1 heteroatoms. The molecule has 0 radical (unpaired) electrons. The predicted molar refractivity (Wildman–Crippen MR) is 109 cm³/mol. The summed E-state index contributed by atoms with van der Waals surface area (Å²) < 4.78 is 0. The summed E-state index contributed by atoms with van der Waals surface area (Å²) >= 11 is 0. The first-order valence-corrected chi connectivity index (χ1v) is 10.1. The van der Waals surface area contributed by atoms with Gasteiger partial charge in [0.1, 0.15) is 23.2 Å². The zero-order chi connectivity index (χ0) is 16.8. The van der Waals surface area contributed by atoms with E-state index in [1.807, 2.05) is 6.08 Å². The molecule has 0 nitrogen and oxygen atoms in total. The van der Waals surface area contributed by atoms with Crippen LogP contribution in [-0.2, 0) is 0 Å². The minimum absolute atomic E-state index is 0.911. The van der Waals surface area contributed by atoms with E-state index in [1.54, 1.807) is 0 Å². The van der Waals surface area contributed by atoms with Gasteiger partial charge in [0.2, 0.25) is 0 Å². The van der Waals surface area contributed by atoms with Crippen LogP contribution in [0, 0.1) is 0 Å². The van der Waals surface area contributed by atoms with Crippen LogP contribution in [0.4, 0.5) is 0 Å². The highest BCUT2D eigenvalue weighted by molar-refractivity contribution is 7.95. The number of rotatable bonds is 6. The van der Waals surface area contributed by atoms with Crippen LogP contribution in [0.1, 0.15) is 0 Å². The molecule has 0 saturated heterocycles. The first-order chi connectivity index (χ1) is 11.8. The summed E-state index contributed by atoms with van der Waals surface area (Å²) in [6.07, 6.45) is 2.80. The van der Waals surface area contributed by atoms with E-state index in [0.717, 1.165) is 11.7 Å². The van der Waals surface area contributed by atoms with Crippen LogP contribution < -0.4 is 15.9 Å². The van der Waals surface area contributed by atoms with Gasteiger partial charge in [0, 0.05) is 0 Å². The molecule has 0 heterocycles.